The Hall–Kier alpha value is -1.95. The second-order valence-electron chi connectivity index (χ2n) is 5.03. The number of fused-ring (bicyclic) bond motifs is 1. The van der Waals surface area contributed by atoms with Crippen molar-refractivity contribution >= 4 is 67.2 Å². The Bertz CT molecular complexity index is 945. The molecule has 0 spiro atoms. The lowest BCUT2D eigenvalue weighted by atomic mass is 10.0. The summed E-state index contributed by atoms with van der Waals surface area (Å²) in [5.74, 6) is -0.275. The van der Waals surface area contributed by atoms with Gasteiger partial charge in [-0.25, -0.2) is 0 Å². The van der Waals surface area contributed by atoms with Crippen LogP contribution in [0, 0.1) is 0 Å². The Morgan fingerprint density at radius 2 is 1.67 bits per heavy atom. The molecule has 0 aliphatic carbocycles. The van der Waals surface area contributed by atoms with Crippen molar-refractivity contribution in [3.05, 3.63) is 75.7 Å². The number of anilines is 1. The maximum absolute atomic E-state index is 12.6. The van der Waals surface area contributed by atoms with Crippen molar-refractivity contribution in [3.8, 4) is 0 Å². The van der Waals surface area contributed by atoms with E-state index in [0.29, 0.717) is 16.3 Å². The lowest BCUT2D eigenvalue weighted by Crippen LogP contribution is -2.34. The summed E-state index contributed by atoms with van der Waals surface area (Å²) in [6, 6.07) is 18.5. The van der Waals surface area contributed by atoms with Gasteiger partial charge in [0, 0.05) is 10.0 Å². The highest BCUT2D eigenvalue weighted by atomic mass is 79.9. The van der Waals surface area contributed by atoms with Gasteiger partial charge < -0.3 is 5.32 Å². The molecule has 0 fully saturated rings. The molecule has 3 aromatic carbocycles. The lowest BCUT2D eigenvalue weighted by Gasteiger charge is -2.12. The zero-order valence-corrected chi connectivity index (χ0v) is 15.5. The predicted octanol–water partition coefficient (Wildman–Crippen LogP) is 5.38. The third-order valence-electron chi connectivity index (χ3n) is 3.46. The SMILES string of the molecule is O=C(NC(=S)Nc1ccccc1Cl)c1cccc2c(Br)cccc12. The van der Waals surface area contributed by atoms with Crippen molar-refractivity contribution in [1.29, 1.82) is 0 Å². The number of hydrogen-bond acceptors (Lipinski definition) is 2. The molecule has 0 aliphatic heterocycles. The van der Waals surface area contributed by atoms with Crippen LogP contribution >= 0.6 is 39.7 Å². The van der Waals surface area contributed by atoms with Crippen LogP contribution in [0.25, 0.3) is 10.8 Å². The van der Waals surface area contributed by atoms with E-state index in [9.17, 15) is 4.79 Å². The number of thiocarbonyl (C=S) groups is 1. The second kappa shape index (κ2) is 7.30. The maximum Gasteiger partial charge on any atom is 0.258 e. The van der Waals surface area contributed by atoms with Crippen molar-refractivity contribution in [2.45, 2.75) is 0 Å². The zero-order chi connectivity index (χ0) is 17.1. The van der Waals surface area contributed by atoms with Crippen LogP contribution in [0.15, 0.2) is 65.1 Å². The third kappa shape index (κ3) is 3.59. The summed E-state index contributed by atoms with van der Waals surface area (Å²) in [5, 5.41) is 8.16. The molecule has 6 heteroatoms. The van der Waals surface area contributed by atoms with Crippen LogP contribution in [0.5, 0.6) is 0 Å². The number of halogens is 2. The number of nitrogens with one attached hydrogen (secondary N) is 2. The van der Waals surface area contributed by atoms with Crippen LogP contribution in [-0.4, -0.2) is 11.0 Å². The van der Waals surface area contributed by atoms with Gasteiger partial charge in [-0.3, -0.25) is 10.1 Å². The quantitative estimate of drug-likeness (QED) is 0.548. The van der Waals surface area contributed by atoms with Crippen LogP contribution < -0.4 is 10.6 Å². The average Bonchev–Trinajstić information content (AvgIpc) is 2.57. The van der Waals surface area contributed by atoms with Gasteiger partial charge in [-0.05, 0) is 47.3 Å². The monoisotopic (exact) mass is 418 g/mol. The Balaban J connectivity index is 1.82. The van der Waals surface area contributed by atoms with Crippen molar-refractivity contribution in [2.75, 3.05) is 5.32 Å². The van der Waals surface area contributed by atoms with Crippen LogP contribution in [0.1, 0.15) is 10.4 Å². The van der Waals surface area contributed by atoms with Gasteiger partial charge in [0.2, 0.25) is 0 Å². The highest BCUT2D eigenvalue weighted by Gasteiger charge is 2.13. The molecule has 0 unspecified atom stereocenters. The van der Waals surface area contributed by atoms with Crippen LogP contribution in [0.2, 0.25) is 5.02 Å². The number of benzene rings is 3. The molecule has 2 N–H and O–H groups in total. The van der Waals surface area contributed by atoms with Gasteiger partial charge in [-0.2, -0.15) is 0 Å². The Kier molecular flexibility index (Phi) is 5.14. The number of para-hydroxylation sites is 1. The van der Waals surface area contributed by atoms with E-state index in [4.69, 9.17) is 23.8 Å². The molecule has 120 valence electrons. The van der Waals surface area contributed by atoms with Gasteiger partial charge in [-0.1, -0.05) is 63.9 Å². The molecule has 0 aromatic heterocycles. The smallest absolute Gasteiger partial charge is 0.258 e. The topological polar surface area (TPSA) is 41.1 Å². The highest BCUT2D eigenvalue weighted by Crippen LogP contribution is 2.26. The van der Waals surface area contributed by atoms with Gasteiger partial charge in [0.15, 0.2) is 5.11 Å². The largest absolute Gasteiger partial charge is 0.331 e. The van der Waals surface area contributed by atoms with E-state index in [1.165, 1.54) is 0 Å². The molecule has 0 aliphatic rings. The molecular formula is C18H12BrClN2OS. The summed E-state index contributed by atoms with van der Waals surface area (Å²) in [6.45, 7) is 0. The van der Waals surface area contributed by atoms with E-state index >= 15 is 0 Å². The molecule has 0 bridgehead atoms. The van der Waals surface area contributed by atoms with Gasteiger partial charge in [0.1, 0.15) is 0 Å². The molecule has 3 aromatic rings. The Labute approximate surface area is 158 Å². The number of carbonyl (C=O) groups excluding carboxylic acids is 1. The van der Waals surface area contributed by atoms with Crippen LogP contribution in [0.4, 0.5) is 5.69 Å². The lowest BCUT2D eigenvalue weighted by molar-refractivity contribution is 0.0979. The van der Waals surface area contributed by atoms with Crippen molar-refractivity contribution in [3.63, 3.8) is 0 Å². The third-order valence-corrected chi connectivity index (χ3v) is 4.69. The fraction of sp³-hybridized carbons (Fsp3) is 0. The van der Waals surface area contributed by atoms with Gasteiger partial charge >= 0.3 is 0 Å². The number of rotatable bonds is 2. The fourth-order valence-corrected chi connectivity index (χ4v) is 3.24. The first-order chi connectivity index (χ1) is 11.6. The molecule has 0 heterocycles. The summed E-state index contributed by atoms with van der Waals surface area (Å²) in [5.41, 5.74) is 1.20. The summed E-state index contributed by atoms with van der Waals surface area (Å²) in [7, 11) is 0. The number of amides is 1. The van der Waals surface area contributed by atoms with Crippen molar-refractivity contribution in [2.24, 2.45) is 0 Å². The van der Waals surface area contributed by atoms with E-state index in [-0.39, 0.29) is 11.0 Å². The van der Waals surface area contributed by atoms with Crippen LogP contribution in [0.3, 0.4) is 0 Å². The molecule has 0 atom stereocenters. The van der Waals surface area contributed by atoms with E-state index in [2.05, 4.69) is 26.6 Å². The van der Waals surface area contributed by atoms with Gasteiger partial charge in [0.25, 0.3) is 5.91 Å². The normalized spacial score (nSPS) is 10.4. The standard InChI is InChI=1S/C18H12BrClN2OS/c19-14-8-4-5-11-12(14)6-3-7-13(11)17(23)22-18(24)21-16-10-2-1-9-15(16)20/h1-10H,(H2,21,22,23,24). The van der Waals surface area contributed by atoms with Gasteiger partial charge in [-0.15, -0.1) is 0 Å². The summed E-state index contributed by atoms with van der Waals surface area (Å²) in [6.07, 6.45) is 0. The minimum absolute atomic E-state index is 0.195. The van der Waals surface area contributed by atoms with E-state index in [1.54, 1.807) is 18.2 Å². The first-order valence-corrected chi connectivity index (χ1v) is 8.68. The van der Waals surface area contributed by atoms with Crippen molar-refractivity contribution < 1.29 is 4.79 Å². The molecule has 3 rings (SSSR count). The van der Waals surface area contributed by atoms with E-state index in [0.717, 1.165) is 15.2 Å². The Morgan fingerprint density at radius 1 is 0.958 bits per heavy atom. The van der Waals surface area contributed by atoms with Crippen LogP contribution in [-0.2, 0) is 0 Å². The molecular weight excluding hydrogens is 408 g/mol. The molecule has 1 amide bonds. The van der Waals surface area contributed by atoms with Crippen molar-refractivity contribution in [1.82, 2.24) is 5.32 Å². The fourth-order valence-electron chi connectivity index (χ4n) is 2.36. The van der Waals surface area contributed by atoms with Gasteiger partial charge in [0.05, 0.1) is 10.7 Å². The molecule has 3 nitrogen and oxygen atoms in total. The number of carbonyl (C=O) groups is 1. The van der Waals surface area contributed by atoms with E-state index < -0.39 is 0 Å². The maximum atomic E-state index is 12.6. The predicted molar refractivity (Wildman–Crippen MR) is 107 cm³/mol. The molecule has 24 heavy (non-hydrogen) atoms. The van der Waals surface area contributed by atoms with E-state index in [1.807, 2.05) is 42.5 Å². The average molecular weight is 420 g/mol. The highest BCUT2D eigenvalue weighted by molar-refractivity contribution is 9.10. The summed E-state index contributed by atoms with van der Waals surface area (Å²) < 4.78 is 0.936. The second-order valence-corrected chi connectivity index (χ2v) is 6.70. The zero-order valence-electron chi connectivity index (χ0n) is 12.3. The first-order valence-electron chi connectivity index (χ1n) is 7.10. The summed E-state index contributed by atoms with van der Waals surface area (Å²) >= 11 is 14.8. The minimum atomic E-state index is -0.275. The molecule has 0 saturated carbocycles. The number of hydrogen-bond donors (Lipinski definition) is 2. The first kappa shape index (κ1) is 16.9. The summed E-state index contributed by atoms with van der Waals surface area (Å²) in [4.78, 5) is 12.6. The molecule has 0 saturated heterocycles. The minimum Gasteiger partial charge on any atom is -0.331 e. The molecule has 0 radical (unpaired) electrons. The Morgan fingerprint density at radius 3 is 2.46 bits per heavy atom.